The first-order valence-corrected chi connectivity index (χ1v) is 14.0. The molecular formula is C34H34N4O6. The number of phenols is 6. The number of hydrogen-bond acceptors (Lipinski definition) is 10. The van der Waals surface area contributed by atoms with E-state index in [1.165, 1.54) is 12.4 Å². The lowest BCUT2D eigenvalue weighted by Crippen LogP contribution is -2.01. The van der Waals surface area contributed by atoms with Crippen molar-refractivity contribution >= 4 is 34.0 Å². The van der Waals surface area contributed by atoms with Gasteiger partial charge in [-0.15, -0.1) is 0 Å². The minimum absolute atomic E-state index is 0.00261. The highest BCUT2D eigenvalue weighted by molar-refractivity contribution is 6.15. The summed E-state index contributed by atoms with van der Waals surface area (Å²) in [7, 11) is 0. The molecule has 0 aliphatic rings. The van der Waals surface area contributed by atoms with E-state index in [4.69, 9.17) is 10.5 Å². The second-order valence-corrected chi connectivity index (χ2v) is 11.3. The third kappa shape index (κ3) is 4.95. The van der Waals surface area contributed by atoms with Gasteiger partial charge in [0.2, 0.25) is 0 Å². The van der Waals surface area contributed by atoms with Crippen LogP contribution < -0.4 is 0 Å². The van der Waals surface area contributed by atoms with Crippen LogP contribution in [-0.2, 0) is 0 Å². The quantitative estimate of drug-likeness (QED) is 0.0778. The number of aromatic hydroxyl groups is 6. The van der Waals surface area contributed by atoms with E-state index in [1.807, 2.05) is 39.8 Å². The van der Waals surface area contributed by atoms with Crippen molar-refractivity contribution in [1.82, 2.24) is 0 Å². The highest BCUT2D eigenvalue weighted by Crippen LogP contribution is 2.54. The summed E-state index contributed by atoms with van der Waals surface area (Å²) >= 11 is 0. The maximum Gasteiger partial charge on any atom is 0.167 e. The van der Waals surface area contributed by atoms with Crippen molar-refractivity contribution < 1.29 is 30.6 Å². The molecule has 0 saturated heterocycles. The summed E-state index contributed by atoms with van der Waals surface area (Å²) < 4.78 is 0. The maximum atomic E-state index is 12.0. The van der Waals surface area contributed by atoms with E-state index >= 15 is 0 Å². The zero-order chi connectivity index (χ0) is 32.6. The van der Waals surface area contributed by atoms with Crippen molar-refractivity contribution in [2.24, 2.45) is 9.98 Å². The third-order valence-electron chi connectivity index (χ3n) is 7.75. The summed E-state index contributed by atoms with van der Waals surface area (Å²) in [5.74, 6) is -2.86. The predicted octanol–water partition coefficient (Wildman–Crippen LogP) is 6.64. The highest BCUT2D eigenvalue weighted by atomic mass is 16.3. The normalized spacial score (nSPS) is 11.9. The summed E-state index contributed by atoms with van der Waals surface area (Å²) in [6.07, 6.45) is 2.44. The number of hydrogen-bond donors (Lipinski definition) is 6. The molecule has 0 radical (unpaired) electrons. The molecule has 226 valence electrons. The SMILES string of the molecule is Cc1cc2c(C(C)C)c(O)c(O)c(C=NCC#N)c2c(O)c1-c1c(C)cc2c(C(C)C)c(O)c(O)c(C=NCC#N)c2c1O. The Bertz CT molecular complexity index is 1830. The lowest BCUT2D eigenvalue weighted by atomic mass is 9.83. The second kappa shape index (κ2) is 12.0. The Balaban J connectivity index is 2.26. The Hall–Kier alpha value is -5.48. The van der Waals surface area contributed by atoms with Gasteiger partial charge in [-0.2, -0.15) is 10.5 Å². The summed E-state index contributed by atoms with van der Waals surface area (Å²) in [5.41, 5.74) is 2.32. The van der Waals surface area contributed by atoms with Gasteiger partial charge in [0.05, 0.1) is 12.1 Å². The van der Waals surface area contributed by atoms with Crippen LogP contribution in [0, 0.1) is 36.5 Å². The highest BCUT2D eigenvalue weighted by Gasteiger charge is 2.29. The van der Waals surface area contributed by atoms with Crippen molar-refractivity contribution in [1.29, 1.82) is 10.5 Å². The zero-order valence-corrected chi connectivity index (χ0v) is 25.4. The van der Waals surface area contributed by atoms with E-state index in [9.17, 15) is 30.6 Å². The number of nitrogens with zero attached hydrogens (tertiary/aromatic N) is 4. The van der Waals surface area contributed by atoms with Gasteiger partial charge in [-0.05, 0) is 47.6 Å². The number of benzene rings is 4. The number of fused-ring (bicyclic) bond motifs is 2. The minimum Gasteiger partial charge on any atom is -0.507 e. The lowest BCUT2D eigenvalue weighted by molar-refractivity contribution is 0.398. The molecule has 0 fully saturated rings. The molecule has 10 nitrogen and oxygen atoms in total. The van der Waals surface area contributed by atoms with Gasteiger partial charge < -0.3 is 30.6 Å². The topological polar surface area (TPSA) is 194 Å². The first kappa shape index (κ1) is 31.5. The van der Waals surface area contributed by atoms with Gasteiger partial charge in [0.25, 0.3) is 0 Å². The molecule has 0 saturated carbocycles. The van der Waals surface area contributed by atoms with E-state index in [2.05, 4.69) is 9.98 Å². The monoisotopic (exact) mass is 594 g/mol. The molecular weight excluding hydrogens is 560 g/mol. The van der Waals surface area contributed by atoms with Gasteiger partial charge >= 0.3 is 0 Å². The van der Waals surface area contributed by atoms with Crippen LogP contribution in [0.4, 0.5) is 0 Å². The maximum absolute atomic E-state index is 12.0. The van der Waals surface area contributed by atoms with Gasteiger partial charge in [-0.25, -0.2) is 0 Å². The Morgan fingerprint density at radius 2 is 0.955 bits per heavy atom. The predicted molar refractivity (Wildman–Crippen MR) is 171 cm³/mol. The van der Waals surface area contributed by atoms with Crippen LogP contribution in [-0.4, -0.2) is 56.2 Å². The van der Waals surface area contributed by atoms with Crippen LogP contribution in [0.25, 0.3) is 32.7 Å². The van der Waals surface area contributed by atoms with Gasteiger partial charge in [0.1, 0.15) is 24.6 Å². The largest absolute Gasteiger partial charge is 0.507 e. The summed E-state index contributed by atoms with van der Waals surface area (Å²) in [6, 6.07) is 7.25. The molecule has 0 heterocycles. The summed E-state index contributed by atoms with van der Waals surface area (Å²) in [5, 5.41) is 87.1. The van der Waals surface area contributed by atoms with Crippen LogP contribution in [0.1, 0.15) is 72.9 Å². The van der Waals surface area contributed by atoms with Crippen LogP contribution in [0.15, 0.2) is 22.1 Å². The van der Waals surface area contributed by atoms with E-state index < -0.39 is 11.5 Å². The number of aryl methyl sites for hydroxylation is 2. The number of rotatable bonds is 7. The smallest absolute Gasteiger partial charge is 0.167 e. The van der Waals surface area contributed by atoms with Crippen molar-refractivity contribution in [3.05, 3.63) is 45.5 Å². The summed E-state index contributed by atoms with van der Waals surface area (Å²) in [4.78, 5) is 8.03. The fourth-order valence-electron chi connectivity index (χ4n) is 5.98. The Morgan fingerprint density at radius 3 is 1.25 bits per heavy atom. The molecule has 0 atom stereocenters. The van der Waals surface area contributed by atoms with Crippen LogP contribution in [0.2, 0.25) is 0 Å². The van der Waals surface area contributed by atoms with Crippen LogP contribution in [0.5, 0.6) is 34.5 Å². The zero-order valence-electron chi connectivity index (χ0n) is 25.4. The molecule has 4 rings (SSSR count). The molecule has 0 amide bonds. The van der Waals surface area contributed by atoms with Gasteiger partial charge in [0.15, 0.2) is 23.0 Å². The molecule has 0 spiro atoms. The molecule has 4 aromatic rings. The fraction of sp³-hybridized carbons (Fsp3) is 0.294. The first-order valence-electron chi connectivity index (χ1n) is 14.0. The first-order chi connectivity index (χ1) is 20.8. The number of phenolic OH excluding ortho intramolecular Hbond substituents is 6. The van der Waals surface area contributed by atoms with Gasteiger partial charge in [0, 0.05) is 56.6 Å². The molecule has 0 bridgehead atoms. The second-order valence-electron chi connectivity index (χ2n) is 11.3. The molecule has 0 unspecified atom stereocenters. The molecule has 0 aromatic heterocycles. The average molecular weight is 595 g/mol. The molecule has 0 aliphatic heterocycles. The summed E-state index contributed by atoms with van der Waals surface area (Å²) in [6.45, 7) is 10.4. The molecule has 4 aromatic carbocycles. The Morgan fingerprint density at radius 1 is 0.614 bits per heavy atom. The Labute approximate surface area is 254 Å². The third-order valence-corrected chi connectivity index (χ3v) is 7.75. The fourth-order valence-corrected chi connectivity index (χ4v) is 5.98. The van der Waals surface area contributed by atoms with Crippen molar-refractivity contribution in [2.75, 3.05) is 13.1 Å². The minimum atomic E-state index is -0.509. The van der Waals surface area contributed by atoms with E-state index in [0.717, 1.165) is 0 Å². The number of aliphatic imine (C=N–C) groups is 2. The standard InChI is InChI=1S/C34H34N4O6/c1-15(2)23-19-11-17(5)25(31(41)27(19)21(13-37-9-7-35)29(39)33(23)43)26-18(6)12-20-24(16(3)4)34(44)30(40)22(14-38-10-8-36)28(20)32(26)42/h11-16,39-44H,9-10H2,1-6H3. The Kier molecular flexibility index (Phi) is 8.59. The molecule has 10 heteroatoms. The van der Waals surface area contributed by atoms with E-state index in [0.29, 0.717) is 33.0 Å². The number of nitriles is 2. The van der Waals surface area contributed by atoms with Gasteiger partial charge in [-0.1, -0.05) is 39.8 Å². The van der Waals surface area contributed by atoms with Crippen LogP contribution >= 0.6 is 0 Å². The van der Waals surface area contributed by atoms with Gasteiger partial charge in [-0.3, -0.25) is 9.98 Å². The van der Waals surface area contributed by atoms with Crippen molar-refractivity contribution in [3.63, 3.8) is 0 Å². The average Bonchev–Trinajstić information content (AvgIpc) is 2.94. The van der Waals surface area contributed by atoms with E-state index in [1.54, 1.807) is 26.0 Å². The van der Waals surface area contributed by atoms with Crippen molar-refractivity contribution in [2.45, 2.75) is 53.4 Å². The molecule has 6 N–H and O–H groups in total. The molecule has 44 heavy (non-hydrogen) atoms. The van der Waals surface area contributed by atoms with Crippen LogP contribution in [0.3, 0.4) is 0 Å². The molecule has 0 aliphatic carbocycles. The van der Waals surface area contributed by atoms with Crippen molar-refractivity contribution in [3.8, 4) is 57.8 Å². The van der Waals surface area contributed by atoms with E-state index in [-0.39, 0.29) is 80.9 Å². The lowest BCUT2D eigenvalue weighted by Gasteiger charge is -2.23.